The van der Waals surface area contributed by atoms with Crippen molar-refractivity contribution < 1.29 is 0 Å². The van der Waals surface area contributed by atoms with E-state index in [9.17, 15) is 0 Å². The Morgan fingerprint density at radius 1 is 1.24 bits per heavy atom. The van der Waals surface area contributed by atoms with Crippen LogP contribution in [-0.4, -0.2) is 42.6 Å². The molecule has 0 atom stereocenters. The Morgan fingerprint density at radius 2 is 2.04 bits per heavy atom. The molecule has 0 unspecified atom stereocenters. The van der Waals surface area contributed by atoms with E-state index >= 15 is 0 Å². The van der Waals surface area contributed by atoms with Gasteiger partial charge in [-0.05, 0) is 32.4 Å². The molecule has 0 aliphatic rings. The summed E-state index contributed by atoms with van der Waals surface area (Å²) in [4.78, 5) is 15.5. The van der Waals surface area contributed by atoms with E-state index < -0.39 is 0 Å². The van der Waals surface area contributed by atoms with Crippen molar-refractivity contribution in [3.8, 4) is 0 Å². The van der Waals surface area contributed by atoms with E-state index in [2.05, 4.69) is 61.9 Å². The van der Waals surface area contributed by atoms with E-state index in [0.717, 1.165) is 54.1 Å². The van der Waals surface area contributed by atoms with Crippen LogP contribution >= 0.6 is 11.3 Å². The molecular weight excluding hydrogens is 332 g/mol. The lowest BCUT2D eigenvalue weighted by Gasteiger charge is -2.19. The molecule has 0 aliphatic heterocycles. The first kappa shape index (κ1) is 19.2. The van der Waals surface area contributed by atoms with Gasteiger partial charge in [-0.15, -0.1) is 11.3 Å². The Labute approximate surface area is 154 Å². The topological polar surface area (TPSA) is 65.4 Å². The molecule has 2 aromatic heterocycles. The third kappa shape index (κ3) is 6.01. The highest BCUT2D eigenvalue weighted by atomic mass is 32.1. The summed E-state index contributed by atoms with van der Waals surface area (Å²) in [6, 6.07) is 4.18. The van der Waals surface area contributed by atoms with Crippen LogP contribution in [-0.2, 0) is 13.0 Å². The van der Waals surface area contributed by atoms with Crippen molar-refractivity contribution in [1.29, 1.82) is 0 Å². The van der Waals surface area contributed by atoms with E-state index in [4.69, 9.17) is 0 Å². The van der Waals surface area contributed by atoms with Gasteiger partial charge in [-0.1, -0.05) is 6.07 Å². The fourth-order valence-electron chi connectivity index (χ4n) is 2.49. The van der Waals surface area contributed by atoms with E-state index in [-0.39, 0.29) is 0 Å². The molecule has 2 aromatic rings. The van der Waals surface area contributed by atoms with Crippen molar-refractivity contribution in [3.63, 3.8) is 0 Å². The van der Waals surface area contributed by atoms with Crippen LogP contribution in [0, 0.1) is 6.92 Å². The Bertz CT molecular complexity index is 660. The second-order valence-corrected chi connectivity index (χ2v) is 6.72. The molecule has 2 N–H and O–H groups in total. The Hall–Kier alpha value is -2.15. The maximum atomic E-state index is 4.55. The average Bonchev–Trinajstić information content (AvgIpc) is 3.05. The molecular formula is C18H28N6S. The molecule has 2 heterocycles. The first-order chi connectivity index (χ1) is 12.2. The van der Waals surface area contributed by atoms with Crippen molar-refractivity contribution in [2.45, 2.75) is 33.7 Å². The van der Waals surface area contributed by atoms with Crippen LogP contribution in [0.1, 0.15) is 30.1 Å². The van der Waals surface area contributed by atoms with Crippen molar-refractivity contribution in [2.24, 2.45) is 4.99 Å². The summed E-state index contributed by atoms with van der Waals surface area (Å²) in [5.41, 5.74) is 2.26. The van der Waals surface area contributed by atoms with Crippen molar-refractivity contribution in [1.82, 2.24) is 20.6 Å². The fraction of sp³-hybridized carbons (Fsp3) is 0.500. The molecule has 0 saturated carbocycles. The molecule has 0 saturated heterocycles. The summed E-state index contributed by atoms with van der Waals surface area (Å²) < 4.78 is 0. The first-order valence-corrected chi connectivity index (χ1v) is 9.59. The van der Waals surface area contributed by atoms with Crippen molar-refractivity contribution >= 4 is 23.1 Å². The van der Waals surface area contributed by atoms with Crippen LogP contribution in [0.3, 0.4) is 0 Å². The lowest BCUT2D eigenvalue weighted by molar-refractivity contribution is 0.783. The van der Waals surface area contributed by atoms with Crippen LogP contribution < -0.4 is 15.5 Å². The molecule has 0 aromatic carbocycles. The zero-order valence-electron chi connectivity index (χ0n) is 15.5. The summed E-state index contributed by atoms with van der Waals surface area (Å²) in [7, 11) is 1.78. The van der Waals surface area contributed by atoms with Gasteiger partial charge in [-0.25, -0.2) is 9.97 Å². The highest BCUT2D eigenvalue weighted by molar-refractivity contribution is 7.09. The van der Waals surface area contributed by atoms with E-state index in [1.807, 2.05) is 13.1 Å². The van der Waals surface area contributed by atoms with Crippen molar-refractivity contribution in [2.75, 3.05) is 31.6 Å². The normalized spacial score (nSPS) is 11.4. The number of rotatable bonds is 8. The zero-order chi connectivity index (χ0) is 18.1. The number of guanidine groups is 1. The SMILES string of the molecule is CCN(CC)c1ccc(CNC(=NC)NCCc2csc(C)n2)cn1. The second-order valence-electron chi connectivity index (χ2n) is 5.66. The molecule has 2 rings (SSSR count). The number of nitrogens with zero attached hydrogens (tertiary/aromatic N) is 4. The predicted octanol–water partition coefficient (Wildman–Crippen LogP) is 2.60. The van der Waals surface area contributed by atoms with Crippen LogP contribution in [0.25, 0.3) is 0 Å². The van der Waals surface area contributed by atoms with Gasteiger partial charge >= 0.3 is 0 Å². The second kappa shape index (κ2) is 9.98. The minimum atomic E-state index is 0.695. The summed E-state index contributed by atoms with van der Waals surface area (Å²) in [5, 5.41) is 9.86. The number of hydrogen-bond acceptors (Lipinski definition) is 5. The van der Waals surface area contributed by atoms with Gasteiger partial charge in [-0.2, -0.15) is 0 Å². The van der Waals surface area contributed by atoms with Gasteiger partial charge in [0.25, 0.3) is 0 Å². The predicted molar refractivity (Wildman–Crippen MR) is 107 cm³/mol. The van der Waals surface area contributed by atoms with E-state index in [0.29, 0.717) is 6.54 Å². The molecule has 0 amide bonds. The fourth-order valence-corrected chi connectivity index (χ4v) is 3.14. The van der Waals surface area contributed by atoms with E-state index in [1.54, 1.807) is 18.4 Å². The van der Waals surface area contributed by atoms with Gasteiger partial charge in [0.05, 0.1) is 10.7 Å². The van der Waals surface area contributed by atoms with E-state index in [1.165, 1.54) is 0 Å². The molecule has 6 nitrogen and oxygen atoms in total. The summed E-state index contributed by atoms with van der Waals surface area (Å²) in [6.07, 6.45) is 2.82. The Balaban J connectivity index is 1.78. The standard InChI is InChI=1S/C18H28N6S/c1-5-24(6-2)17-8-7-15(11-21-17)12-22-18(19-4)20-10-9-16-13-25-14(3)23-16/h7-8,11,13H,5-6,9-10,12H2,1-4H3,(H2,19,20,22). The quantitative estimate of drug-likeness (QED) is 0.560. The number of aryl methyl sites for hydroxylation is 1. The molecule has 0 spiro atoms. The molecule has 0 aliphatic carbocycles. The average molecular weight is 361 g/mol. The maximum absolute atomic E-state index is 4.55. The summed E-state index contributed by atoms with van der Waals surface area (Å²) in [6.45, 7) is 9.75. The smallest absolute Gasteiger partial charge is 0.191 e. The number of hydrogen-bond donors (Lipinski definition) is 2. The summed E-state index contributed by atoms with van der Waals surface area (Å²) >= 11 is 1.69. The van der Waals surface area contributed by atoms with Gasteiger partial charge < -0.3 is 15.5 Å². The molecule has 0 bridgehead atoms. The van der Waals surface area contributed by atoms with Gasteiger partial charge in [0.1, 0.15) is 5.82 Å². The number of nitrogens with one attached hydrogen (secondary N) is 2. The number of aromatic nitrogens is 2. The van der Waals surface area contributed by atoms with Gasteiger partial charge in [0.15, 0.2) is 5.96 Å². The zero-order valence-corrected chi connectivity index (χ0v) is 16.4. The molecule has 0 radical (unpaired) electrons. The minimum absolute atomic E-state index is 0.695. The lowest BCUT2D eigenvalue weighted by Crippen LogP contribution is -2.37. The van der Waals surface area contributed by atoms with Crippen LogP contribution in [0.4, 0.5) is 5.82 Å². The number of thiazole rings is 1. The van der Waals surface area contributed by atoms with Crippen molar-refractivity contribution in [3.05, 3.63) is 40.0 Å². The van der Waals surface area contributed by atoms with Gasteiger partial charge in [0.2, 0.25) is 0 Å². The molecule has 25 heavy (non-hydrogen) atoms. The van der Waals surface area contributed by atoms with Gasteiger partial charge in [-0.3, -0.25) is 4.99 Å². The minimum Gasteiger partial charge on any atom is -0.357 e. The third-order valence-electron chi connectivity index (χ3n) is 3.92. The lowest BCUT2D eigenvalue weighted by atomic mass is 10.2. The highest BCUT2D eigenvalue weighted by Crippen LogP contribution is 2.10. The maximum Gasteiger partial charge on any atom is 0.191 e. The third-order valence-corrected chi connectivity index (χ3v) is 4.74. The van der Waals surface area contributed by atoms with Crippen LogP contribution in [0.5, 0.6) is 0 Å². The highest BCUT2D eigenvalue weighted by Gasteiger charge is 2.04. The van der Waals surface area contributed by atoms with Crippen LogP contribution in [0.2, 0.25) is 0 Å². The molecule has 136 valence electrons. The monoisotopic (exact) mass is 360 g/mol. The Kier molecular flexibility index (Phi) is 7.66. The van der Waals surface area contributed by atoms with Gasteiger partial charge in [0, 0.05) is 51.2 Å². The Morgan fingerprint density at radius 3 is 2.60 bits per heavy atom. The number of pyridine rings is 1. The number of anilines is 1. The largest absolute Gasteiger partial charge is 0.357 e. The van der Waals surface area contributed by atoms with Crippen LogP contribution in [0.15, 0.2) is 28.7 Å². The molecule has 7 heteroatoms. The summed E-state index contributed by atoms with van der Waals surface area (Å²) in [5.74, 6) is 1.81. The molecule has 0 fully saturated rings. The number of aliphatic imine (C=N–C) groups is 1. The first-order valence-electron chi connectivity index (χ1n) is 8.71.